The molecule has 0 heterocycles. The highest BCUT2D eigenvalue weighted by Gasteiger charge is 2.34. The molecule has 2 rings (SSSR count). The minimum Gasteiger partial charge on any atom is -0.462 e. The Morgan fingerprint density at radius 3 is 2.43 bits per heavy atom. The first-order valence-corrected chi connectivity index (χ1v) is 10.0. The number of esters is 1. The summed E-state index contributed by atoms with van der Waals surface area (Å²) in [5.41, 5.74) is 1.08. The van der Waals surface area contributed by atoms with E-state index in [1.165, 1.54) is 12.1 Å². The van der Waals surface area contributed by atoms with Gasteiger partial charge < -0.3 is 4.74 Å². The van der Waals surface area contributed by atoms with E-state index in [0.717, 1.165) is 22.0 Å². The molecule has 0 spiro atoms. The Balaban J connectivity index is 2.66. The fourth-order valence-corrected chi connectivity index (χ4v) is 4.28. The van der Waals surface area contributed by atoms with Crippen LogP contribution in [0.4, 0.5) is 11.4 Å². The van der Waals surface area contributed by atoms with Gasteiger partial charge in [0.05, 0.1) is 16.7 Å². The monoisotopic (exact) mass is 406 g/mol. The number of sulfonamides is 1. The number of aryl methyl sites for hydroxylation is 2. The van der Waals surface area contributed by atoms with E-state index in [0.29, 0.717) is 5.56 Å². The van der Waals surface area contributed by atoms with Crippen LogP contribution < -0.4 is 4.31 Å². The van der Waals surface area contributed by atoms with Crippen molar-refractivity contribution >= 4 is 27.4 Å². The van der Waals surface area contributed by atoms with Crippen LogP contribution in [0, 0.1) is 24.0 Å². The summed E-state index contributed by atoms with van der Waals surface area (Å²) in [6, 6.07) is 10.2. The molecule has 0 amide bonds. The molecular formula is C19H22N2O6S. The molecular weight excluding hydrogens is 384 g/mol. The number of para-hydroxylation sites is 1. The Hall–Kier alpha value is -2.94. The fourth-order valence-electron chi connectivity index (χ4n) is 2.65. The lowest BCUT2D eigenvalue weighted by Crippen LogP contribution is -2.38. The van der Waals surface area contributed by atoms with Gasteiger partial charge in [0.2, 0.25) is 0 Å². The second-order valence-corrected chi connectivity index (χ2v) is 8.40. The minimum absolute atomic E-state index is 0.263. The number of anilines is 1. The zero-order valence-corrected chi connectivity index (χ0v) is 16.9. The van der Waals surface area contributed by atoms with Gasteiger partial charge >= 0.3 is 5.97 Å². The van der Waals surface area contributed by atoms with Gasteiger partial charge in [-0.3, -0.25) is 19.2 Å². The van der Waals surface area contributed by atoms with Crippen LogP contribution in [0.2, 0.25) is 0 Å². The van der Waals surface area contributed by atoms with Crippen LogP contribution in [0.25, 0.3) is 0 Å². The summed E-state index contributed by atoms with van der Waals surface area (Å²) in [5, 5.41) is 11.3. The molecule has 0 fully saturated rings. The summed E-state index contributed by atoms with van der Waals surface area (Å²) in [6.45, 7) is 6.18. The van der Waals surface area contributed by atoms with E-state index in [9.17, 15) is 23.3 Å². The summed E-state index contributed by atoms with van der Waals surface area (Å²) < 4.78 is 32.7. The van der Waals surface area contributed by atoms with Crippen molar-refractivity contribution in [2.45, 2.75) is 38.7 Å². The van der Waals surface area contributed by atoms with Crippen LogP contribution in [-0.2, 0) is 19.6 Å². The van der Waals surface area contributed by atoms with Crippen molar-refractivity contribution in [3.05, 3.63) is 63.7 Å². The highest BCUT2D eigenvalue weighted by Crippen LogP contribution is 2.32. The smallest absolute Gasteiger partial charge is 0.327 e. The SMILES string of the molecule is Cc1ccc(C)c(N(CC(=O)OC(C)C)S(=O)(=O)c2ccccc2[N+](=O)[O-])c1. The average Bonchev–Trinajstić information content (AvgIpc) is 2.61. The first-order chi connectivity index (χ1) is 13.0. The number of carbonyl (C=O) groups is 1. The van der Waals surface area contributed by atoms with E-state index < -0.39 is 44.1 Å². The molecule has 0 aliphatic rings. The van der Waals surface area contributed by atoms with Crippen molar-refractivity contribution in [1.29, 1.82) is 0 Å². The molecule has 0 radical (unpaired) electrons. The number of benzene rings is 2. The third kappa shape index (κ3) is 4.66. The zero-order chi connectivity index (χ0) is 21.1. The van der Waals surface area contributed by atoms with Gasteiger partial charge in [0.15, 0.2) is 4.90 Å². The summed E-state index contributed by atoms with van der Waals surface area (Å²) in [6.07, 6.45) is -0.429. The molecule has 0 unspecified atom stereocenters. The molecule has 0 atom stereocenters. The van der Waals surface area contributed by atoms with Crippen molar-refractivity contribution in [3.8, 4) is 0 Å². The van der Waals surface area contributed by atoms with Gasteiger partial charge in [-0.2, -0.15) is 0 Å². The predicted octanol–water partition coefficient (Wildman–Crippen LogP) is 3.36. The van der Waals surface area contributed by atoms with Gasteiger partial charge in [-0.15, -0.1) is 0 Å². The van der Waals surface area contributed by atoms with E-state index in [1.54, 1.807) is 45.9 Å². The highest BCUT2D eigenvalue weighted by molar-refractivity contribution is 7.93. The number of ether oxygens (including phenoxy) is 1. The first-order valence-electron chi connectivity index (χ1n) is 8.57. The molecule has 8 nitrogen and oxygen atoms in total. The third-order valence-electron chi connectivity index (χ3n) is 3.90. The van der Waals surface area contributed by atoms with Crippen LogP contribution >= 0.6 is 0 Å². The average molecular weight is 406 g/mol. The maximum atomic E-state index is 13.4. The maximum Gasteiger partial charge on any atom is 0.327 e. The van der Waals surface area contributed by atoms with Gasteiger partial charge in [0, 0.05) is 6.07 Å². The molecule has 0 aliphatic carbocycles. The number of rotatable bonds is 7. The molecule has 2 aromatic rings. The first kappa shape index (κ1) is 21.4. The van der Waals surface area contributed by atoms with Crippen LogP contribution in [0.1, 0.15) is 25.0 Å². The lowest BCUT2D eigenvalue weighted by Gasteiger charge is -2.26. The quantitative estimate of drug-likeness (QED) is 0.396. The number of nitro groups is 1. The Morgan fingerprint density at radius 1 is 1.18 bits per heavy atom. The van der Waals surface area contributed by atoms with E-state index in [-0.39, 0.29) is 5.69 Å². The number of hydrogen-bond donors (Lipinski definition) is 0. The molecule has 0 bridgehead atoms. The van der Waals surface area contributed by atoms with Crippen molar-refractivity contribution < 1.29 is 22.9 Å². The Morgan fingerprint density at radius 2 is 1.82 bits per heavy atom. The largest absolute Gasteiger partial charge is 0.462 e. The standard InChI is InChI=1S/C19H22N2O6S/c1-13(2)27-19(22)12-20(17-11-14(3)9-10-15(17)4)28(25,26)18-8-6-5-7-16(18)21(23)24/h5-11,13H,12H2,1-4H3. The van der Waals surface area contributed by atoms with E-state index in [4.69, 9.17) is 4.74 Å². The van der Waals surface area contributed by atoms with E-state index >= 15 is 0 Å². The van der Waals surface area contributed by atoms with Gasteiger partial charge in [-0.25, -0.2) is 8.42 Å². The zero-order valence-electron chi connectivity index (χ0n) is 16.1. The summed E-state index contributed by atoms with van der Waals surface area (Å²) >= 11 is 0. The number of hydrogen-bond acceptors (Lipinski definition) is 6. The summed E-state index contributed by atoms with van der Waals surface area (Å²) in [7, 11) is -4.41. The molecule has 0 saturated carbocycles. The second kappa shape index (κ2) is 8.39. The van der Waals surface area contributed by atoms with Gasteiger partial charge in [0.25, 0.3) is 15.7 Å². The van der Waals surface area contributed by atoms with Gasteiger partial charge in [-0.05, 0) is 51.0 Å². The second-order valence-electron chi connectivity index (χ2n) is 6.57. The molecule has 0 aromatic heterocycles. The van der Waals surface area contributed by atoms with Gasteiger partial charge in [0.1, 0.15) is 6.54 Å². The lowest BCUT2D eigenvalue weighted by molar-refractivity contribution is -0.387. The van der Waals surface area contributed by atoms with Crippen molar-refractivity contribution in [3.63, 3.8) is 0 Å². The Labute approximate surface area is 163 Å². The van der Waals surface area contributed by atoms with E-state index in [1.807, 2.05) is 0 Å². The summed E-state index contributed by atoms with van der Waals surface area (Å²) in [5.74, 6) is -0.752. The molecule has 150 valence electrons. The molecule has 9 heteroatoms. The summed E-state index contributed by atoms with van der Waals surface area (Å²) in [4.78, 5) is 22.4. The maximum absolute atomic E-state index is 13.4. The van der Waals surface area contributed by atoms with Gasteiger partial charge in [-0.1, -0.05) is 24.3 Å². The normalized spacial score (nSPS) is 11.3. The Bertz CT molecular complexity index is 1000. The number of carbonyl (C=O) groups excluding carboxylic acids is 1. The lowest BCUT2D eigenvalue weighted by atomic mass is 10.1. The number of nitrogens with zero attached hydrogens (tertiary/aromatic N) is 2. The number of nitro benzene ring substituents is 1. The van der Waals surface area contributed by atoms with E-state index in [2.05, 4.69) is 0 Å². The van der Waals surface area contributed by atoms with Crippen LogP contribution in [0.15, 0.2) is 47.4 Å². The van der Waals surface area contributed by atoms with Crippen LogP contribution in [0.5, 0.6) is 0 Å². The molecule has 0 N–H and O–H groups in total. The Kier molecular flexibility index (Phi) is 6.40. The fraction of sp³-hybridized carbons (Fsp3) is 0.316. The predicted molar refractivity (Wildman–Crippen MR) is 105 cm³/mol. The van der Waals surface area contributed by atoms with Crippen molar-refractivity contribution in [2.24, 2.45) is 0 Å². The molecule has 28 heavy (non-hydrogen) atoms. The topological polar surface area (TPSA) is 107 Å². The van der Waals surface area contributed by atoms with Crippen molar-refractivity contribution in [1.82, 2.24) is 0 Å². The minimum atomic E-state index is -4.41. The molecule has 2 aromatic carbocycles. The molecule has 0 saturated heterocycles. The highest BCUT2D eigenvalue weighted by atomic mass is 32.2. The third-order valence-corrected chi connectivity index (χ3v) is 5.71. The molecule has 0 aliphatic heterocycles. The van der Waals surface area contributed by atoms with Crippen LogP contribution in [-0.4, -0.2) is 32.0 Å². The van der Waals surface area contributed by atoms with Crippen LogP contribution in [0.3, 0.4) is 0 Å². The van der Waals surface area contributed by atoms with Crippen molar-refractivity contribution in [2.75, 3.05) is 10.8 Å².